The highest BCUT2D eigenvalue weighted by atomic mass is 35.5. The number of hydrogen-bond acceptors (Lipinski definition) is 3. The molecule has 19 heavy (non-hydrogen) atoms. The Bertz CT molecular complexity index is 627. The van der Waals surface area contributed by atoms with Crippen LogP contribution in [-0.2, 0) is 6.54 Å². The van der Waals surface area contributed by atoms with Crippen molar-refractivity contribution in [1.82, 2.24) is 10.3 Å². The van der Waals surface area contributed by atoms with Gasteiger partial charge in [0.05, 0.1) is 10.0 Å². The van der Waals surface area contributed by atoms with Crippen molar-refractivity contribution in [2.24, 2.45) is 0 Å². The average Bonchev–Trinajstić information content (AvgIpc) is 2.70. The van der Waals surface area contributed by atoms with E-state index in [1.54, 1.807) is 6.07 Å². The normalized spacial score (nSPS) is 10.5. The first-order valence-electron chi connectivity index (χ1n) is 5.63. The Morgan fingerprint density at radius 2 is 2.21 bits per heavy atom. The summed E-state index contributed by atoms with van der Waals surface area (Å²) in [6.07, 6.45) is 0. The van der Waals surface area contributed by atoms with E-state index in [0.29, 0.717) is 5.69 Å². The standard InChI is InChI=1S/C13H12ClFN2OS/c1-7-12(17-8(2)19-7)13(18)16-6-9-3-4-11(15)10(14)5-9/h3-5H,6H2,1-2H3,(H,16,18). The third-order valence-corrected chi connectivity index (χ3v) is 3.73. The SMILES string of the molecule is Cc1nc(C(=O)NCc2ccc(F)c(Cl)c2)c(C)s1. The lowest BCUT2D eigenvalue weighted by atomic mass is 10.2. The molecular formula is C13H12ClFN2OS. The minimum atomic E-state index is -0.470. The van der Waals surface area contributed by atoms with Crippen LogP contribution >= 0.6 is 22.9 Å². The Hall–Kier alpha value is -1.46. The number of thiazole rings is 1. The van der Waals surface area contributed by atoms with Crippen molar-refractivity contribution in [1.29, 1.82) is 0 Å². The van der Waals surface area contributed by atoms with Crippen molar-refractivity contribution in [3.05, 3.63) is 50.2 Å². The molecule has 0 saturated carbocycles. The maximum Gasteiger partial charge on any atom is 0.271 e. The lowest BCUT2D eigenvalue weighted by Gasteiger charge is -2.05. The third kappa shape index (κ3) is 3.30. The molecule has 1 aromatic carbocycles. The molecule has 0 aliphatic rings. The molecule has 1 heterocycles. The second-order valence-electron chi connectivity index (χ2n) is 4.07. The summed E-state index contributed by atoms with van der Waals surface area (Å²) in [5, 5.41) is 3.64. The van der Waals surface area contributed by atoms with E-state index in [4.69, 9.17) is 11.6 Å². The van der Waals surface area contributed by atoms with Crippen molar-refractivity contribution in [3.8, 4) is 0 Å². The Morgan fingerprint density at radius 3 is 2.79 bits per heavy atom. The van der Waals surface area contributed by atoms with E-state index in [1.165, 1.54) is 23.5 Å². The number of nitrogens with one attached hydrogen (secondary N) is 1. The van der Waals surface area contributed by atoms with E-state index in [1.807, 2.05) is 13.8 Å². The first kappa shape index (κ1) is 14.0. The quantitative estimate of drug-likeness (QED) is 0.942. The van der Waals surface area contributed by atoms with Crippen LogP contribution < -0.4 is 5.32 Å². The van der Waals surface area contributed by atoms with Crippen LogP contribution in [0.2, 0.25) is 5.02 Å². The van der Waals surface area contributed by atoms with Crippen LogP contribution in [-0.4, -0.2) is 10.9 Å². The molecule has 0 fully saturated rings. The second-order valence-corrected chi connectivity index (χ2v) is 5.88. The molecule has 0 aliphatic carbocycles. The number of nitrogens with zero attached hydrogens (tertiary/aromatic N) is 1. The van der Waals surface area contributed by atoms with Crippen LogP contribution in [0.4, 0.5) is 4.39 Å². The molecule has 0 aliphatic heterocycles. The Kier molecular flexibility index (Phi) is 4.17. The topological polar surface area (TPSA) is 42.0 Å². The van der Waals surface area contributed by atoms with E-state index in [2.05, 4.69) is 10.3 Å². The predicted octanol–water partition coefficient (Wildman–Crippen LogP) is 3.48. The fourth-order valence-electron chi connectivity index (χ4n) is 1.66. The zero-order chi connectivity index (χ0) is 14.0. The largest absolute Gasteiger partial charge is 0.347 e. The summed E-state index contributed by atoms with van der Waals surface area (Å²) in [5.74, 6) is -0.704. The first-order valence-corrected chi connectivity index (χ1v) is 6.83. The second kappa shape index (κ2) is 5.67. The van der Waals surface area contributed by atoms with Crippen LogP contribution in [0.25, 0.3) is 0 Å². The summed E-state index contributed by atoms with van der Waals surface area (Å²) >= 11 is 7.16. The highest BCUT2D eigenvalue weighted by Gasteiger charge is 2.13. The van der Waals surface area contributed by atoms with E-state index in [0.717, 1.165) is 15.4 Å². The zero-order valence-corrected chi connectivity index (χ0v) is 12.0. The van der Waals surface area contributed by atoms with Gasteiger partial charge in [-0.2, -0.15) is 0 Å². The molecule has 0 saturated heterocycles. The zero-order valence-electron chi connectivity index (χ0n) is 10.5. The van der Waals surface area contributed by atoms with Gasteiger partial charge in [0.25, 0.3) is 5.91 Å². The highest BCUT2D eigenvalue weighted by Crippen LogP contribution is 2.17. The average molecular weight is 299 g/mol. The van der Waals surface area contributed by atoms with E-state index in [9.17, 15) is 9.18 Å². The van der Waals surface area contributed by atoms with Crippen LogP contribution in [0, 0.1) is 19.7 Å². The van der Waals surface area contributed by atoms with Crippen LogP contribution in [0.1, 0.15) is 25.9 Å². The molecular weight excluding hydrogens is 287 g/mol. The molecule has 2 rings (SSSR count). The van der Waals surface area contributed by atoms with Crippen LogP contribution in [0.15, 0.2) is 18.2 Å². The van der Waals surface area contributed by atoms with E-state index >= 15 is 0 Å². The predicted molar refractivity (Wildman–Crippen MR) is 74.2 cm³/mol. The third-order valence-electron chi connectivity index (χ3n) is 2.56. The van der Waals surface area contributed by atoms with Gasteiger partial charge in [0.2, 0.25) is 0 Å². The van der Waals surface area contributed by atoms with Crippen molar-refractivity contribution >= 4 is 28.8 Å². The van der Waals surface area contributed by atoms with Gasteiger partial charge in [-0.1, -0.05) is 17.7 Å². The number of benzene rings is 1. The van der Waals surface area contributed by atoms with Gasteiger partial charge in [0.15, 0.2) is 0 Å². The number of amides is 1. The smallest absolute Gasteiger partial charge is 0.271 e. The first-order chi connectivity index (χ1) is 8.97. The fraction of sp³-hybridized carbons (Fsp3) is 0.231. The molecule has 0 spiro atoms. The maximum atomic E-state index is 13.0. The summed E-state index contributed by atoms with van der Waals surface area (Å²) < 4.78 is 13.0. The van der Waals surface area contributed by atoms with Crippen molar-refractivity contribution in [3.63, 3.8) is 0 Å². The summed E-state index contributed by atoms with van der Waals surface area (Å²) in [7, 11) is 0. The molecule has 0 unspecified atom stereocenters. The number of aryl methyl sites for hydroxylation is 2. The number of carbonyl (C=O) groups is 1. The molecule has 6 heteroatoms. The van der Waals surface area contributed by atoms with Gasteiger partial charge in [-0.25, -0.2) is 9.37 Å². The number of rotatable bonds is 3. The van der Waals surface area contributed by atoms with Gasteiger partial charge in [-0.15, -0.1) is 11.3 Å². The molecule has 1 aromatic heterocycles. The molecule has 0 atom stereocenters. The van der Waals surface area contributed by atoms with Crippen LogP contribution in [0.5, 0.6) is 0 Å². The van der Waals surface area contributed by atoms with Crippen LogP contribution in [0.3, 0.4) is 0 Å². The number of aromatic nitrogens is 1. The maximum absolute atomic E-state index is 13.0. The monoisotopic (exact) mass is 298 g/mol. The molecule has 2 aromatic rings. The van der Waals surface area contributed by atoms with Gasteiger partial charge in [0, 0.05) is 11.4 Å². The number of carbonyl (C=O) groups excluding carboxylic acids is 1. The highest BCUT2D eigenvalue weighted by molar-refractivity contribution is 7.11. The summed E-state index contributed by atoms with van der Waals surface area (Å²) in [6.45, 7) is 4.00. The summed E-state index contributed by atoms with van der Waals surface area (Å²) in [4.78, 5) is 17.0. The Morgan fingerprint density at radius 1 is 1.47 bits per heavy atom. The lowest BCUT2D eigenvalue weighted by molar-refractivity contribution is 0.0946. The number of halogens is 2. The Labute approximate surface area is 119 Å². The molecule has 0 radical (unpaired) electrons. The fourth-order valence-corrected chi connectivity index (χ4v) is 2.67. The van der Waals surface area contributed by atoms with Crippen molar-refractivity contribution in [2.45, 2.75) is 20.4 Å². The minimum Gasteiger partial charge on any atom is -0.347 e. The van der Waals surface area contributed by atoms with Gasteiger partial charge in [-0.3, -0.25) is 4.79 Å². The summed E-state index contributed by atoms with van der Waals surface area (Å²) in [5.41, 5.74) is 1.18. The molecule has 1 amide bonds. The van der Waals surface area contributed by atoms with Crippen molar-refractivity contribution in [2.75, 3.05) is 0 Å². The molecule has 3 nitrogen and oxygen atoms in total. The Balaban J connectivity index is 2.04. The molecule has 1 N–H and O–H groups in total. The van der Waals surface area contributed by atoms with Gasteiger partial charge >= 0.3 is 0 Å². The minimum absolute atomic E-state index is 0.0485. The lowest BCUT2D eigenvalue weighted by Crippen LogP contribution is -2.23. The van der Waals surface area contributed by atoms with E-state index < -0.39 is 5.82 Å². The molecule has 100 valence electrons. The van der Waals surface area contributed by atoms with Gasteiger partial charge in [-0.05, 0) is 31.5 Å². The molecule has 0 bridgehead atoms. The summed E-state index contributed by atoms with van der Waals surface area (Å²) in [6, 6.07) is 4.36. The van der Waals surface area contributed by atoms with Crippen molar-refractivity contribution < 1.29 is 9.18 Å². The van der Waals surface area contributed by atoms with E-state index in [-0.39, 0.29) is 17.5 Å². The number of hydrogen-bond donors (Lipinski definition) is 1. The van der Waals surface area contributed by atoms with Gasteiger partial charge in [0.1, 0.15) is 11.5 Å². The van der Waals surface area contributed by atoms with Gasteiger partial charge < -0.3 is 5.32 Å².